The molecular weight excluding hydrogens is 311 g/mol. The highest BCUT2D eigenvalue weighted by Gasteiger charge is 2.31. The summed E-state index contributed by atoms with van der Waals surface area (Å²) >= 11 is 0. The highest BCUT2D eigenvalue weighted by atomic mass is 19.1. The molecule has 1 fully saturated rings. The van der Waals surface area contributed by atoms with Gasteiger partial charge in [-0.15, -0.1) is 0 Å². The van der Waals surface area contributed by atoms with Gasteiger partial charge in [-0.3, -0.25) is 9.69 Å². The average Bonchev–Trinajstić information content (AvgIpc) is 3.27. The third-order valence-electron chi connectivity index (χ3n) is 4.57. The van der Waals surface area contributed by atoms with E-state index >= 15 is 0 Å². The van der Waals surface area contributed by atoms with Crippen LogP contribution in [-0.2, 0) is 0 Å². The van der Waals surface area contributed by atoms with E-state index in [-0.39, 0.29) is 17.5 Å². The Balaban J connectivity index is 1.64. The molecule has 4 rings (SSSR count). The Kier molecular flexibility index (Phi) is 3.57. The lowest BCUT2D eigenvalue weighted by Gasteiger charge is -2.38. The van der Waals surface area contributed by atoms with Gasteiger partial charge in [0.25, 0.3) is 5.91 Å². The Labute approximate surface area is 137 Å². The number of hydrogen-bond donors (Lipinski definition) is 1. The Hall–Kier alpha value is -2.67. The number of rotatable bonds is 2. The van der Waals surface area contributed by atoms with Crippen LogP contribution in [0.4, 0.5) is 4.39 Å². The molecule has 1 saturated heterocycles. The van der Waals surface area contributed by atoms with Gasteiger partial charge in [0.05, 0.1) is 17.9 Å². The molecule has 1 N–H and O–H groups in total. The number of amides is 1. The molecule has 0 radical (unpaired) electrons. The van der Waals surface area contributed by atoms with E-state index in [4.69, 9.17) is 4.42 Å². The molecule has 1 aliphatic rings. The molecule has 124 valence electrons. The van der Waals surface area contributed by atoms with Crippen molar-refractivity contribution < 1.29 is 13.6 Å². The summed E-state index contributed by atoms with van der Waals surface area (Å²) < 4.78 is 18.9. The molecule has 0 aliphatic carbocycles. The molecule has 2 aromatic heterocycles. The molecule has 1 amide bonds. The van der Waals surface area contributed by atoms with Crippen LogP contribution in [0.5, 0.6) is 0 Å². The molecule has 7 heteroatoms. The summed E-state index contributed by atoms with van der Waals surface area (Å²) in [5, 5.41) is 0.508. The van der Waals surface area contributed by atoms with E-state index in [1.807, 2.05) is 7.05 Å². The minimum absolute atomic E-state index is 0.0120. The van der Waals surface area contributed by atoms with Gasteiger partial charge < -0.3 is 14.3 Å². The number of nitrogens with zero attached hydrogens (tertiary/aromatic N) is 3. The van der Waals surface area contributed by atoms with E-state index in [0.29, 0.717) is 24.0 Å². The topological polar surface area (TPSA) is 65.4 Å². The monoisotopic (exact) mass is 328 g/mol. The predicted octanol–water partition coefficient (Wildman–Crippen LogP) is 2.42. The molecular formula is C17H17FN4O2. The first-order valence-corrected chi connectivity index (χ1v) is 7.79. The fraction of sp³-hybridized carbons (Fsp3) is 0.294. The van der Waals surface area contributed by atoms with E-state index in [0.717, 1.165) is 12.4 Å². The van der Waals surface area contributed by atoms with E-state index in [2.05, 4.69) is 14.9 Å². The number of H-pyrrole nitrogens is 1. The van der Waals surface area contributed by atoms with E-state index in [1.54, 1.807) is 23.4 Å². The number of likely N-dealkylation sites (N-methyl/N-ethyl adjacent to an activating group) is 1. The van der Waals surface area contributed by atoms with Gasteiger partial charge in [0.15, 0.2) is 11.4 Å². The molecule has 1 aromatic carbocycles. The zero-order valence-corrected chi connectivity index (χ0v) is 13.2. The molecule has 0 spiro atoms. The Morgan fingerprint density at radius 1 is 1.38 bits per heavy atom. The summed E-state index contributed by atoms with van der Waals surface area (Å²) in [7, 11) is 2.02. The molecule has 0 saturated carbocycles. The first-order chi connectivity index (χ1) is 11.6. The number of benzene rings is 1. The minimum Gasteiger partial charge on any atom is -0.461 e. The molecule has 3 aromatic rings. The molecule has 1 unspecified atom stereocenters. The van der Waals surface area contributed by atoms with Gasteiger partial charge in [-0.2, -0.15) is 0 Å². The van der Waals surface area contributed by atoms with Gasteiger partial charge in [-0.1, -0.05) is 0 Å². The van der Waals surface area contributed by atoms with Gasteiger partial charge in [0, 0.05) is 37.4 Å². The zero-order valence-electron chi connectivity index (χ0n) is 13.2. The third-order valence-corrected chi connectivity index (χ3v) is 4.57. The van der Waals surface area contributed by atoms with Crippen molar-refractivity contribution in [2.24, 2.45) is 0 Å². The van der Waals surface area contributed by atoms with Crippen molar-refractivity contribution in [3.63, 3.8) is 0 Å². The molecule has 1 atom stereocenters. The maximum atomic E-state index is 13.8. The fourth-order valence-corrected chi connectivity index (χ4v) is 3.20. The van der Waals surface area contributed by atoms with Gasteiger partial charge in [0.2, 0.25) is 0 Å². The summed E-state index contributed by atoms with van der Waals surface area (Å²) in [6.45, 7) is 1.88. The standard InChI is InChI=1S/C17H17FN4O2/c1-21-7-8-22(10-14(21)16-19-5-6-20-16)17(23)12-2-3-13(18)15-11(12)4-9-24-15/h2-6,9,14H,7-8,10H2,1H3,(H,19,20). The van der Waals surface area contributed by atoms with Crippen molar-refractivity contribution in [3.8, 4) is 0 Å². The second-order valence-electron chi connectivity index (χ2n) is 5.98. The summed E-state index contributed by atoms with van der Waals surface area (Å²) in [6.07, 6.45) is 4.89. The maximum Gasteiger partial charge on any atom is 0.254 e. The summed E-state index contributed by atoms with van der Waals surface area (Å²) in [5.74, 6) is 0.256. The smallest absolute Gasteiger partial charge is 0.254 e. The zero-order chi connectivity index (χ0) is 16.7. The number of halogens is 1. The quantitative estimate of drug-likeness (QED) is 0.785. The number of piperazine rings is 1. The van der Waals surface area contributed by atoms with Gasteiger partial charge in [-0.05, 0) is 25.2 Å². The Bertz CT molecular complexity index is 874. The number of nitrogens with one attached hydrogen (secondary N) is 1. The SMILES string of the molecule is CN1CCN(C(=O)c2ccc(F)c3occc23)CC1c1ncc[nH]1. The highest BCUT2D eigenvalue weighted by Crippen LogP contribution is 2.27. The number of furan rings is 1. The van der Waals surface area contributed by atoms with Crippen LogP contribution in [0.15, 0.2) is 41.3 Å². The number of carbonyl (C=O) groups excluding carboxylic acids is 1. The van der Waals surface area contributed by atoms with Crippen molar-refractivity contribution in [1.82, 2.24) is 19.8 Å². The highest BCUT2D eigenvalue weighted by molar-refractivity contribution is 6.06. The molecule has 3 heterocycles. The number of carbonyl (C=O) groups is 1. The van der Waals surface area contributed by atoms with Crippen molar-refractivity contribution >= 4 is 16.9 Å². The average molecular weight is 328 g/mol. The number of aromatic nitrogens is 2. The van der Waals surface area contributed by atoms with Crippen LogP contribution in [0.25, 0.3) is 11.0 Å². The number of imidazole rings is 1. The van der Waals surface area contributed by atoms with Gasteiger partial charge in [-0.25, -0.2) is 9.37 Å². The van der Waals surface area contributed by atoms with Crippen molar-refractivity contribution in [1.29, 1.82) is 0 Å². The summed E-state index contributed by atoms with van der Waals surface area (Å²) in [6, 6.07) is 4.44. The van der Waals surface area contributed by atoms with Crippen LogP contribution in [0.1, 0.15) is 22.2 Å². The van der Waals surface area contributed by atoms with Crippen molar-refractivity contribution in [2.75, 3.05) is 26.7 Å². The number of aromatic amines is 1. The van der Waals surface area contributed by atoms with Crippen LogP contribution in [0.3, 0.4) is 0 Å². The minimum atomic E-state index is -0.460. The fourth-order valence-electron chi connectivity index (χ4n) is 3.20. The second-order valence-corrected chi connectivity index (χ2v) is 5.98. The van der Waals surface area contributed by atoms with E-state index in [9.17, 15) is 9.18 Å². The summed E-state index contributed by atoms with van der Waals surface area (Å²) in [4.78, 5) is 24.3. The Morgan fingerprint density at radius 3 is 3.04 bits per heavy atom. The second kappa shape index (κ2) is 5.76. The molecule has 1 aliphatic heterocycles. The normalized spacial score (nSPS) is 19.1. The predicted molar refractivity (Wildman–Crippen MR) is 86.0 cm³/mol. The van der Waals surface area contributed by atoms with Gasteiger partial charge >= 0.3 is 0 Å². The van der Waals surface area contributed by atoms with Crippen LogP contribution in [-0.4, -0.2) is 52.4 Å². The summed E-state index contributed by atoms with van der Waals surface area (Å²) in [5.41, 5.74) is 0.584. The van der Waals surface area contributed by atoms with Crippen LogP contribution in [0, 0.1) is 5.82 Å². The Morgan fingerprint density at radius 2 is 2.25 bits per heavy atom. The number of fused-ring (bicyclic) bond motifs is 1. The maximum absolute atomic E-state index is 13.8. The van der Waals surface area contributed by atoms with Crippen LogP contribution >= 0.6 is 0 Å². The first kappa shape index (κ1) is 14.9. The molecule has 6 nitrogen and oxygen atoms in total. The largest absolute Gasteiger partial charge is 0.461 e. The third kappa shape index (κ3) is 2.37. The van der Waals surface area contributed by atoms with Crippen LogP contribution in [0.2, 0.25) is 0 Å². The van der Waals surface area contributed by atoms with E-state index in [1.165, 1.54) is 18.4 Å². The lowest BCUT2D eigenvalue weighted by Crippen LogP contribution is -2.49. The first-order valence-electron chi connectivity index (χ1n) is 7.79. The van der Waals surface area contributed by atoms with E-state index < -0.39 is 5.82 Å². The van der Waals surface area contributed by atoms with Crippen molar-refractivity contribution in [3.05, 3.63) is 54.1 Å². The van der Waals surface area contributed by atoms with Crippen molar-refractivity contribution in [2.45, 2.75) is 6.04 Å². The lowest BCUT2D eigenvalue weighted by molar-refractivity contribution is 0.0536. The lowest BCUT2D eigenvalue weighted by atomic mass is 10.1. The molecule has 0 bridgehead atoms. The van der Waals surface area contributed by atoms with Crippen LogP contribution < -0.4 is 0 Å². The number of hydrogen-bond acceptors (Lipinski definition) is 4. The van der Waals surface area contributed by atoms with Gasteiger partial charge in [0.1, 0.15) is 5.82 Å². The molecule has 24 heavy (non-hydrogen) atoms.